The summed E-state index contributed by atoms with van der Waals surface area (Å²) < 4.78 is 12.9. The Hall–Kier alpha value is -4.66. The van der Waals surface area contributed by atoms with Crippen LogP contribution < -0.4 is 20.1 Å². The minimum absolute atomic E-state index is 0.258. The van der Waals surface area contributed by atoms with Crippen LogP contribution in [0.4, 0.5) is 11.6 Å². The predicted octanol–water partition coefficient (Wildman–Crippen LogP) is 4.68. The molecule has 2 aromatic carbocycles. The van der Waals surface area contributed by atoms with Gasteiger partial charge in [0, 0.05) is 11.9 Å². The van der Waals surface area contributed by atoms with Crippen LogP contribution in [0.5, 0.6) is 11.5 Å². The molecule has 36 heavy (non-hydrogen) atoms. The van der Waals surface area contributed by atoms with Crippen LogP contribution in [-0.4, -0.2) is 39.4 Å². The fraction of sp³-hybridized carbons (Fsp3) is 0.185. The monoisotopic (exact) mass is 482 g/mol. The number of benzene rings is 2. The number of amides is 1. The molecule has 0 aliphatic carbocycles. The number of carbonyl (C=O) groups is 1. The van der Waals surface area contributed by atoms with Gasteiger partial charge in [-0.1, -0.05) is 24.3 Å². The SMILES string of the molecule is CCOc1ccc(C2C(C(=O)Nc3cccnc3)=C(C)Nc3nc(-c4ccccc4OC)nn32)cc1. The highest BCUT2D eigenvalue weighted by Crippen LogP contribution is 2.38. The second-order valence-electron chi connectivity index (χ2n) is 8.17. The van der Waals surface area contributed by atoms with Crippen LogP contribution in [0, 0.1) is 0 Å². The van der Waals surface area contributed by atoms with E-state index in [1.807, 2.05) is 62.4 Å². The molecule has 9 heteroatoms. The lowest BCUT2D eigenvalue weighted by atomic mass is 9.95. The molecule has 0 fully saturated rings. The van der Waals surface area contributed by atoms with Crippen LogP contribution in [0.25, 0.3) is 11.4 Å². The summed E-state index contributed by atoms with van der Waals surface area (Å²) in [6.45, 7) is 4.37. The molecule has 2 N–H and O–H groups in total. The quantitative estimate of drug-likeness (QED) is 0.394. The van der Waals surface area contributed by atoms with Crippen molar-refractivity contribution in [2.45, 2.75) is 19.9 Å². The second-order valence-corrected chi connectivity index (χ2v) is 8.17. The van der Waals surface area contributed by atoms with Crippen molar-refractivity contribution in [1.29, 1.82) is 0 Å². The molecule has 1 aliphatic heterocycles. The van der Waals surface area contributed by atoms with Crippen LogP contribution in [0.3, 0.4) is 0 Å². The third-order valence-electron chi connectivity index (χ3n) is 5.87. The number of ether oxygens (including phenoxy) is 2. The Balaban J connectivity index is 1.60. The standard InChI is InChI=1S/C27H26N6O3/c1-4-36-20-13-11-18(12-14-20)24-23(26(34)30-19-8-7-15-28-16-19)17(2)29-27-31-25(32-33(24)27)21-9-5-6-10-22(21)35-3/h5-16,24H,4H2,1-3H3,(H,30,34)(H,29,31,32). The molecule has 0 saturated carbocycles. The molecule has 0 saturated heterocycles. The summed E-state index contributed by atoms with van der Waals surface area (Å²) in [6.07, 6.45) is 3.27. The predicted molar refractivity (Wildman–Crippen MR) is 137 cm³/mol. The zero-order chi connectivity index (χ0) is 25.1. The van der Waals surface area contributed by atoms with E-state index in [1.54, 1.807) is 36.3 Å². The van der Waals surface area contributed by atoms with Gasteiger partial charge in [-0.25, -0.2) is 4.68 Å². The van der Waals surface area contributed by atoms with E-state index in [2.05, 4.69) is 15.6 Å². The number of para-hydroxylation sites is 1. The number of rotatable bonds is 7. The van der Waals surface area contributed by atoms with Crippen molar-refractivity contribution >= 4 is 17.5 Å². The molecule has 0 bridgehead atoms. The summed E-state index contributed by atoms with van der Waals surface area (Å²) in [4.78, 5) is 22.4. The van der Waals surface area contributed by atoms with Gasteiger partial charge >= 0.3 is 0 Å². The van der Waals surface area contributed by atoms with Crippen molar-refractivity contribution in [2.24, 2.45) is 0 Å². The summed E-state index contributed by atoms with van der Waals surface area (Å²) in [5.74, 6) is 2.19. The average molecular weight is 483 g/mol. The first kappa shape index (κ1) is 23.1. The Bertz CT molecular complexity index is 1410. The normalized spacial score (nSPS) is 14.6. The number of nitrogens with zero attached hydrogens (tertiary/aromatic N) is 4. The molecule has 1 unspecified atom stereocenters. The summed E-state index contributed by atoms with van der Waals surface area (Å²) in [5, 5.41) is 11.0. The summed E-state index contributed by atoms with van der Waals surface area (Å²) >= 11 is 0. The maximum Gasteiger partial charge on any atom is 0.255 e. The van der Waals surface area contributed by atoms with E-state index in [1.165, 1.54) is 0 Å². The average Bonchev–Trinajstić information content (AvgIpc) is 3.32. The zero-order valence-electron chi connectivity index (χ0n) is 20.2. The molecule has 1 atom stereocenters. The third kappa shape index (κ3) is 4.38. The van der Waals surface area contributed by atoms with Crippen molar-refractivity contribution in [3.8, 4) is 22.9 Å². The number of methoxy groups -OCH3 is 1. The van der Waals surface area contributed by atoms with Gasteiger partial charge in [-0.15, -0.1) is 5.10 Å². The second kappa shape index (κ2) is 9.91. The van der Waals surface area contributed by atoms with Crippen molar-refractivity contribution in [1.82, 2.24) is 19.7 Å². The molecule has 4 aromatic rings. The van der Waals surface area contributed by atoms with E-state index in [-0.39, 0.29) is 5.91 Å². The summed E-state index contributed by atoms with van der Waals surface area (Å²) in [5.41, 5.74) is 3.43. The van der Waals surface area contributed by atoms with Crippen LogP contribution in [0.1, 0.15) is 25.5 Å². The molecule has 2 aromatic heterocycles. The molecule has 9 nitrogen and oxygen atoms in total. The lowest BCUT2D eigenvalue weighted by Gasteiger charge is -2.28. The molecule has 1 aliphatic rings. The molecule has 3 heterocycles. The zero-order valence-corrected chi connectivity index (χ0v) is 20.2. The van der Waals surface area contributed by atoms with Gasteiger partial charge in [0.15, 0.2) is 5.82 Å². The van der Waals surface area contributed by atoms with Crippen molar-refractivity contribution in [3.63, 3.8) is 0 Å². The highest BCUT2D eigenvalue weighted by molar-refractivity contribution is 6.06. The number of aromatic nitrogens is 4. The Labute approximate surface area is 208 Å². The highest BCUT2D eigenvalue weighted by Gasteiger charge is 2.34. The maximum atomic E-state index is 13.6. The lowest BCUT2D eigenvalue weighted by Crippen LogP contribution is -2.31. The largest absolute Gasteiger partial charge is 0.496 e. The van der Waals surface area contributed by atoms with Gasteiger partial charge in [0.05, 0.1) is 36.7 Å². The van der Waals surface area contributed by atoms with Gasteiger partial charge in [0.25, 0.3) is 5.91 Å². The molecule has 182 valence electrons. The number of allylic oxidation sites excluding steroid dienone is 1. The number of hydrogen-bond acceptors (Lipinski definition) is 7. The van der Waals surface area contributed by atoms with Gasteiger partial charge in [-0.3, -0.25) is 9.78 Å². The topological polar surface area (TPSA) is 103 Å². The molecule has 1 amide bonds. The van der Waals surface area contributed by atoms with Crippen molar-refractivity contribution in [2.75, 3.05) is 24.4 Å². The number of hydrogen-bond donors (Lipinski definition) is 2. The van der Waals surface area contributed by atoms with E-state index < -0.39 is 6.04 Å². The highest BCUT2D eigenvalue weighted by atomic mass is 16.5. The van der Waals surface area contributed by atoms with Crippen LogP contribution >= 0.6 is 0 Å². The summed E-state index contributed by atoms with van der Waals surface area (Å²) in [7, 11) is 1.61. The lowest BCUT2D eigenvalue weighted by molar-refractivity contribution is -0.113. The molecule has 5 rings (SSSR count). The van der Waals surface area contributed by atoms with Gasteiger partial charge in [0.1, 0.15) is 17.5 Å². The number of anilines is 2. The van der Waals surface area contributed by atoms with Crippen molar-refractivity contribution in [3.05, 3.63) is 89.9 Å². The smallest absolute Gasteiger partial charge is 0.255 e. The first-order valence-electron chi connectivity index (χ1n) is 11.6. The van der Waals surface area contributed by atoms with E-state index in [4.69, 9.17) is 19.6 Å². The Morgan fingerprint density at radius 2 is 1.92 bits per heavy atom. The van der Waals surface area contributed by atoms with E-state index in [0.29, 0.717) is 41.1 Å². The third-order valence-corrected chi connectivity index (χ3v) is 5.87. The van der Waals surface area contributed by atoms with Gasteiger partial charge in [-0.05, 0) is 55.8 Å². The van der Waals surface area contributed by atoms with Crippen LogP contribution in [0.2, 0.25) is 0 Å². The molecule has 0 spiro atoms. The fourth-order valence-electron chi connectivity index (χ4n) is 4.24. The first-order valence-corrected chi connectivity index (χ1v) is 11.6. The Morgan fingerprint density at radius 3 is 2.64 bits per heavy atom. The molecular formula is C27H26N6O3. The summed E-state index contributed by atoms with van der Waals surface area (Å²) in [6, 6.07) is 18.3. The Morgan fingerprint density at radius 1 is 1.11 bits per heavy atom. The minimum atomic E-state index is -0.524. The number of fused-ring (bicyclic) bond motifs is 1. The van der Waals surface area contributed by atoms with Crippen LogP contribution in [-0.2, 0) is 4.79 Å². The maximum absolute atomic E-state index is 13.6. The first-order chi connectivity index (χ1) is 17.6. The van der Waals surface area contributed by atoms with Gasteiger partial charge in [-0.2, -0.15) is 4.98 Å². The number of carbonyl (C=O) groups excluding carboxylic acids is 1. The fourth-order valence-corrected chi connectivity index (χ4v) is 4.24. The van der Waals surface area contributed by atoms with E-state index >= 15 is 0 Å². The van der Waals surface area contributed by atoms with Gasteiger partial charge < -0.3 is 20.1 Å². The minimum Gasteiger partial charge on any atom is -0.496 e. The van der Waals surface area contributed by atoms with Crippen molar-refractivity contribution < 1.29 is 14.3 Å². The molecule has 0 radical (unpaired) electrons. The van der Waals surface area contributed by atoms with Crippen LogP contribution in [0.15, 0.2) is 84.3 Å². The Kier molecular flexibility index (Phi) is 6.36. The number of nitrogens with one attached hydrogen (secondary N) is 2. The molecular weight excluding hydrogens is 456 g/mol. The van der Waals surface area contributed by atoms with E-state index in [9.17, 15) is 4.79 Å². The van der Waals surface area contributed by atoms with Gasteiger partial charge in [0.2, 0.25) is 5.95 Å². The number of pyridine rings is 1. The van der Waals surface area contributed by atoms with E-state index in [0.717, 1.165) is 16.9 Å².